The van der Waals surface area contributed by atoms with Crippen LogP contribution in [0.3, 0.4) is 0 Å². The van der Waals surface area contributed by atoms with Crippen LogP contribution in [0.1, 0.15) is 38.1 Å². The van der Waals surface area contributed by atoms with Gasteiger partial charge in [0.2, 0.25) is 0 Å². The SMILES string of the molecule is Fc1ccc(NC(=S)Nc2ccnn2C2CCCCC2)cc1. The van der Waals surface area contributed by atoms with Gasteiger partial charge >= 0.3 is 0 Å². The van der Waals surface area contributed by atoms with E-state index in [0.29, 0.717) is 11.2 Å². The van der Waals surface area contributed by atoms with Gasteiger partial charge in [0.15, 0.2) is 5.11 Å². The summed E-state index contributed by atoms with van der Waals surface area (Å²) in [5, 5.41) is 11.1. The van der Waals surface area contributed by atoms with E-state index in [2.05, 4.69) is 15.7 Å². The van der Waals surface area contributed by atoms with Crippen molar-refractivity contribution in [2.24, 2.45) is 0 Å². The minimum absolute atomic E-state index is 0.264. The zero-order valence-electron chi connectivity index (χ0n) is 12.3. The third-order valence-corrected chi connectivity index (χ3v) is 4.14. The molecule has 3 rings (SSSR count). The van der Waals surface area contributed by atoms with Gasteiger partial charge in [0, 0.05) is 11.8 Å². The summed E-state index contributed by atoms with van der Waals surface area (Å²) in [6, 6.07) is 8.48. The number of benzene rings is 1. The van der Waals surface area contributed by atoms with Gasteiger partial charge in [0.25, 0.3) is 0 Å². The number of hydrogen-bond acceptors (Lipinski definition) is 2. The molecule has 1 aliphatic rings. The van der Waals surface area contributed by atoms with Crippen LogP contribution in [0.15, 0.2) is 36.5 Å². The molecule has 1 aromatic carbocycles. The molecule has 6 heteroatoms. The Bertz CT molecular complexity index is 632. The van der Waals surface area contributed by atoms with Crippen LogP contribution in [-0.2, 0) is 0 Å². The number of hydrogen-bond donors (Lipinski definition) is 2. The van der Waals surface area contributed by atoms with Gasteiger partial charge in [0.1, 0.15) is 11.6 Å². The summed E-state index contributed by atoms with van der Waals surface area (Å²) < 4.78 is 14.9. The molecule has 0 bridgehead atoms. The van der Waals surface area contributed by atoms with Crippen molar-refractivity contribution in [2.75, 3.05) is 10.6 Å². The lowest BCUT2D eigenvalue weighted by Gasteiger charge is -2.24. The molecule has 2 N–H and O–H groups in total. The molecule has 1 heterocycles. The number of anilines is 2. The van der Waals surface area contributed by atoms with Gasteiger partial charge in [-0.3, -0.25) is 0 Å². The molecular formula is C16H19FN4S. The molecule has 0 spiro atoms. The van der Waals surface area contributed by atoms with Crippen molar-refractivity contribution >= 4 is 28.8 Å². The molecule has 22 heavy (non-hydrogen) atoms. The van der Waals surface area contributed by atoms with Crippen molar-refractivity contribution in [3.8, 4) is 0 Å². The zero-order valence-corrected chi connectivity index (χ0v) is 13.1. The quantitative estimate of drug-likeness (QED) is 0.826. The molecule has 1 saturated carbocycles. The largest absolute Gasteiger partial charge is 0.332 e. The summed E-state index contributed by atoms with van der Waals surface area (Å²) >= 11 is 5.32. The van der Waals surface area contributed by atoms with Crippen molar-refractivity contribution in [1.29, 1.82) is 0 Å². The van der Waals surface area contributed by atoms with Gasteiger partial charge in [-0.05, 0) is 49.3 Å². The van der Waals surface area contributed by atoms with Gasteiger partial charge < -0.3 is 10.6 Å². The van der Waals surface area contributed by atoms with E-state index in [4.69, 9.17) is 12.2 Å². The Morgan fingerprint density at radius 2 is 1.82 bits per heavy atom. The van der Waals surface area contributed by atoms with E-state index < -0.39 is 0 Å². The van der Waals surface area contributed by atoms with Crippen LogP contribution in [0.5, 0.6) is 0 Å². The molecular weight excluding hydrogens is 299 g/mol. The van der Waals surface area contributed by atoms with Gasteiger partial charge in [0.05, 0.1) is 12.2 Å². The molecule has 0 unspecified atom stereocenters. The first-order chi connectivity index (χ1) is 10.7. The molecule has 0 aliphatic heterocycles. The molecule has 0 atom stereocenters. The summed E-state index contributed by atoms with van der Waals surface area (Å²) in [5.74, 6) is 0.631. The first-order valence-corrected chi connectivity index (χ1v) is 8.00. The second kappa shape index (κ2) is 6.87. The van der Waals surface area contributed by atoms with Crippen molar-refractivity contribution in [3.63, 3.8) is 0 Å². The number of nitrogens with zero attached hydrogens (tertiary/aromatic N) is 2. The summed E-state index contributed by atoms with van der Waals surface area (Å²) in [7, 11) is 0. The fourth-order valence-electron chi connectivity index (χ4n) is 2.84. The molecule has 0 radical (unpaired) electrons. The standard InChI is InChI=1S/C16H19FN4S/c17-12-6-8-13(9-7-12)19-16(22)20-15-10-11-18-21(15)14-4-2-1-3-5-14/h6-11,14H,1-5H2,(H2,19,20,22). The monoisotopic (exact) mass is 318 g/mol. The van der Waals surface area contributed by atoms with E-state index in [1.54, 1.807) is 18.3 Å². The molecule has 1 aromatic heterocycles. The van der Waals surface area contributed by atoms with Crippen molar-refractivity contribution < 1.29 is 4.39 Å². The second-order valence-corrected chi connectivity index (χ2v) is 5.95. The van der Waals surface area contributed by atoms with Crippen LogP contribution in [0.4, 0.5) is 15.9 Å². The number of aromatic nitrogens is 2. The van der Waals surface area contributed by atoms with Gasteiger partial charge in [-0.1, -0.05) is 19.3 Å². The normalized spacial score (nSPS) is 15.5. The number of rotatable bonds is 3. The van der Waals surface area contributed by atoms with E-state index in [1.165, 1.54) is 31.4 Å². The Balaban J connectivity index is 1.64. The summed E-state index contributed by atoms with van der Waals surface area (Å²) in [6.45, 7) is 0. The van der Waals surface area contributed by atoms with E-state index >= 15 is 0 Å². The van der Waals surface area contributed by atoms with E-state index in [1.807, 2.05) is 10.7 Å². The molecule has 4 nitrogen and oxygen atoms in total. The van der Waals surface area contributed by atoms with E-state index in [0.717, 1.165) is 24.3 Å². The maximum Gasteiger partial charge on any atom is 0.176 e. The zero-order chi connectivity index (χ0) is 15.4. The Labute approximate surface area is 134 Å². The lowest BCUT2D eigenvalue weighted by Crippen LogP contribution is -2.23. The van der Waals surface area contributed by atoms with Crippen LogP contribution in [0.2, 0.25) is 0 Å². The molecule has 0 amide bonds. The highest BCUT2D eigenvalue weighted by molar-refractivity contribution is 7.80. The number of halogens is 1. The Morgan fingerprint density at radius 1 is 1.09 bits per heavy atom. The van der Waals surface area contributed by atoms with E-state index in [9.17, 15) is 4.39 Å². The highest BCUT2D eigenvalue weighted by atomic mass is 32.1. The third kappa shape index (κ3) is 3.62. The lowest BCUT2D eigenvalue weighted by atomic mass is 9.96. The average molecular weight is 318 g/mol. The minimum atomic E-state index is -0.264. The van der Waals surface area contributed by atoms with E-state index in [-0.39, 0.29) is 5.82 Å². The fourth-order valence-corrected chi connectivity index (χ4v) is 3.06. The highest BCUT2D eigenvalue weighted by Gasteiger charge is 2.18. The van der Waals surface area contributed by atoms with Crippen LogP contribution >= 0.6 is 12.2 Å². The molecule has 116 valence electrons. The maximum absolute atomic E-state index is 12.9. The van der Waals surface area contributed by atoms with Gasteiger partial charge in [-0.25, -0.2) is 9.07 Å². The molecule has 1 fully saturated rings. The molecule has 2 aromatic rings. The summed E-state index contributed by atoms with van der Waals surface area (Å²) in [4.78, 5) is 0. The Hall–Kier alpha value is -1.95. The topological polar surface area (TPSA) is 41.9 Å². The van der Waals surface area contributed by atoms with Crippen LogP contribution in [0, 0.1) is 5.82 Å². The van der Waals surface area contributed by atoms with Crippen molar-refractivity contribution in [1.82, 2.24) is 9.78 Å². The minimum Gasteiger partial charge on any atom is -0.332 e. The first kappa shape index (κ1) is 15.0. The highest BCUT2D eigenvalue weighted by Crippen LogP contribution is 2.29. The maximum atomic E-state index is 12.9. The smallest absolute Gasteiger partial charge is 0.176 e. The summed E-state index contributed by atoms with van der Waals surface area (Å²) in [6.07, 6.45) is 7.93. The van der Waals surface area contributed by atoms with Gasteiger partial charge in [-0.15, -0.1) is 0 Å². The van der Waals surface area contributed by atoms with Crippen molar-refractivity contribution in [3.05, 3.63) is 42.3 Å². The van der Waals surface area contributed by atoms with Crippen molar-refractivity contribution in [2.45, 2.75) is 38.1 Å². The third-order valence-electron chi connectivity index (χ3n) is 3.93. The van der Waals surface area contributed by atoms with Crippen LogP contribution < -0.4 is 10.6 Å². The Kier molecular flexibility index (Phi) is 4.68. The second-order valence-electron chi connectivity index (χ2n) is 5.54. The molecule has 1 aliphatic carbocycles. The molecule has 0 saturated heterocycles. The number of nitrogens with one attached hydrogen (secondary N) is 2. The Morgan fingerprint density at radius 3 is 2.55 bits per heavy atom. The van der Waals surface area contributed by atoms with Gasteiger partial charge in [-0.2, -0.15) is 5.10 Å². The first-order valence-electron chi connectivity index (χ1n) is 7.59. The van der Waals surface area contributed by atoms with Crippen LogP contribution in [-0.4, -0.2) is 14.9 Å². The van der Waals surface area contributed by atoms with Crippen LogP contribution in [0.25, 0.3) is 0 Å². The summed E-state index contributed by atoms with van der Waals surface area (Å²) in [5.41, 5.74) is 0.752. The predicted octanol–water partition coefficient (Wildman–Crippen LogP) is 4.34. The predicted molar refractivity (Wildman–Crippen MR) is 90.6 cm³/mol. The fraction of sp³-hybridized carbons (Fsp3) is 0.375. The lowest BCUT2D eigenvalue weighted by molar-refractivity contribution is 0.333. The number of thiocarbonyl (C=S) groups is 1. The average Bonchev–Trinajstić information content (AvgIpc) is 2.98.